The van der Waals surface area contributed by atoms with Crippen molar-refractivity contribution in [2.45, 2.75) is 57.7 Å². The van der Waals surface area contributed by atoms with Crippen LogP contribution in [0, 0.1) is 5.92 Å². The van der Waals surface area contributed by atoms with Gasteiger partial charge in [-0.2, -0.15) is 11.8 Å². The zero-order valence-corrected chi connectivity index (χ0v) is 12.5. The molecule has 0 amide bonds. The van der Waals surface area contributed by atoms with Crippen molar-refractivity contribution in [1.29, 1.82) is 0 Å². The molecule has 17 heavy (non-hydrogen) atoms. The van der Waals surface area contributed by atoms with E-state index in [0.717, 1.165) is 30.9 Å². The highest BCUT2D eigenvalue weighted by molar-refractivity contribution is 7.99. The Morgan fingerprint density at radius 2 is 2.24 bits per heavy atom. The van der Waals surface area contributed by atoms with Crippen LogP contribution in [0.1, 0.15) is 46.5 Å². The van der Waals surface area contributed by atoms with Crippen LogP contribution in [0.4, 0.5) is 0 Å². The largest absolute Gasteiger partial charge is 0.381 e. The average Bonchev–Trinajstić information content (AvgIpc) is 2.39. The Kier molecular flexibility index (Phi) is 8.33. The minimum Gasteiger partial charge on any atom is -0.381 e. The van der Waals surface area contributed by atoms with Crippen molar-refractivity contribution in [3.05, 3.63) is 0 Å². The lowest BCUT2D eigenvalue weighted by molar-refractivity contribution is 0.0427. The smallest absolute Gasteiger partial charge is 0.0509 e. The van der Waals surface area contributed by atoms with Gasteiger partial charge in [0.2, 0.25) is 0 Å². The van der Waals surface area contributed by atoms with Gasteiger partial charge in [-0.05, 0) is 38.1 Å². The first kappa shape index (κ1) is 15.3. The first-order valence-corrected chi connectivity index (χ1v) is 8.25. The van der Waals surface area contributed by atoms with Crippen LogP contribution in [0.3, 0.4) is 0 Å². The van der Waals surface area contributed by atoms with Crippen molar-refractivity contribution in [1.82, 2.24) is 5.32 Å². The molecule has 0 saturated carbocycles. The third-order valence-electron chi connectivity index (χ3n) is 3.56. The molecule has 3 atom stereocenters. The van der Waals surface area contributed by atoms with Crippen molar-refractivity contribution in [3.63, 3.8) is 0 Å². The van der Waals surface area contributed by atoms with Gasteiger partial charge in [0.1, 0.15) is 0 Å². The van der Waals surface area contributed by atoms with E-state index in [9.17, 15) is 0 Å². The molecule has 1 saturated heterocycles. The molecular formula is C14H29NOS. The first-order valence-electron chi connectivity index (χ1n) is 7.20. The monoisotopic (exact) mass is 259 g/mol. The lowest BCUT2D eigenvalue weighted by Gasteiger charge is -2.31. The van der Waals surface area contributed by atoms with Crippen LogP contribution in [0.25, 0.3) is 0 Å². The van der Waals surface area contributed by atoms with Gasteiger partial charge in [-0.15, -0.1) is 0 Å². The molecule has 0 radical (unpaired) electrons. The zero-order valence-electron chi connectivity index (χ0n) is 11.7. The van der Waals surface area contributed by atoms with Crippen LogP contribution in [-0.4, -0.2) is 36.8 Å². The molecule has 0 aromatic rings. The van der Waals surface area contributed by atoms with Crippen LogP contribution >= 0.6 is 11.8 Å². The van der Waals surface area contributed by atoms with Gasteiger partial charge >= 0.3 is 0 Å². The molecule has 0 aromatic heterocycles. The van der Waals surface area contributed by atoms with E-state index < -0.39 is 0 Å². The van der Waals surface area contributed by atoms with Gasteiger partial charge in [-0.25, -0.2) is 0 Å². The minimum atomic E-state index is 0.647. The lowest BCUT2D eigenvalue weighted by Crippen LogP contribution is -2.42. The zero-order chi connectivity index (χ0) is 12.5. The molecule has 2 nitrogen and oxygen atoms in total. The molecule has 0 aliphatic carbocycles. The second-order valence-electron chi connectivity index (χ2n) is 5.09. The van der Waals surface area contributed by atoms with Crippen molar-refractivity contribution in [3.8, 4) is 0 Å². The molecule has 1 aliphatic rings. The fraction of sp³-hybridized carbons (Fsp3) is 1.00. The van der Waals surface area contributed by atoms with Crippen LogP contribution < -0.4 is 5.32 Å². The van der Waals surface area contributed by atoms with Gasteiger partial charge in [0, 0.05) is 23.7 Å². The van der Waals surface area contributed by atoms with Crippen LogP contribution in [0.2, 0.25) is 0 Å². The molecule has 1 rings (SSSR count). The quantitative estimate of drug-likeness (QED) is 0.722. The van der Waals surface area contributed by atoms with Gasteiger partial charge in [-0.3, -0.25) is 0 Å². The highest BCUT2D eigenvalue weighted by Gasteiger charge is 2.24. The van der Waals surface area contributed by atoms with E-state index in [4.69, 9.17) is 4.74 Å². The van der Waals surface area contributed by atoms with Crippen LogP contribution in [0.5, 0.6) is 0 Å². The van der Waals surface area contributed by atoms with Gasteiger partial charge < -0.3 is 10.1 Å². The number of thioether (sulfide) groups is 1. The summed E-state index contributed by atoms with van der Waals surface area (Å²) in [6, 6.07) is 0.647. The van der Waals surface area contributed by atoms with E-state index in [0.29, 0.717) is 6.04 Å². The molecule has 1 fully saturated rings. The summed E-state index contributed by atoms with van der Waals surface area (Å²) in [7, 11) is 0. The van der Waals surface area contributed by atoms with E-state index in [2.05, 4.69) is 37.8 Å². The summed E-state index contributed by atoms with van der Waals surface area (Å²) in [6.07, 6.45) is 5.07. The van der Waals surface area contributed by atoms with Gasteiger partial charge in [0.05, 0.1) is 6.61 Å². The Labute approximate surface area is 111 Å². The topological polar surface area (TPSA) is 21.3 Å². The predicted octanol–water partition coefficient (Wildman–Crippen LogP) is 3.31. The molecule has 0 bridgehead atoms. The van der Waals surface area contributed by atoms with E-state index in [1.165, 1.54) is 31.4 Å². The first-order chi connectivity index (χ1) is 8.27. The number of ether oxygens (including phenoxy) is 1. The summed E-state index contributed by atoms with van der Waals surface area (Å²) in [5.41, 5.74) is 0. The van der Waals surface area contributed by atoms with Crippen molar-refractivity contribution < 1.29 is 4.74 Å². The van der Waals surface area contributed by atoms with Gasteiger partial charge in [-0.1, -0.05) is 20.8 Å². The molecule has 1 N–H and O–H groups in total. The molecule has 3 heteroatoms. The number of hydrogen-bond donors (Lipinski definition) is 1. The summed E-state index contributed by atoms with van der Waals surface area (Å²) in [5.74, 6) is 1.97. The van der Waals surface area contributed by atoms with E-state index in [1.807, 2.05) is 0 Å². The highest BCUT2D eigenvalue weighted by Crippen LogP contribution is 2.23. The van der Waals surface area contributed by atoms with Crippen molar-refractivity contribution in [2.75, 3.05) is 25.5 Å². The molecule has 0 aromatic carbocycles. The standard InChI is InChI=1S/C14H29NOS/c1-4-8-15-14(11-17-12(3)5-2)13-7-6-9-16-10-13/h12-15H,4-11H2,1-3H3. The minimum absolute atomic E-state index is 0.647. The van der Waals surface area contributed by atoms with Crippen molar-refractivity contribution in [2.24, 2.45) is 5.92 Å². The third kappa shape index (κ3) is 6.12. The number of nitrogens with one attached hydrogen (secondary N) is 1. The fourth-order valence-electron chi connectivity index (χ4n) is 2.16. The maximum absolute atomic E-state index is 5.63. The second-order valence-corrected chi connectivity index (χ2v) is 6.56. The molecule has 102 valence electrons. The summed E-state index contributed by atoms with van der Waals surface area (Å²) < 4.78 is 5.63. The molecule has 1 heterocycles. The van der Waals surface area contributed by atoms with Crippen LogP contribution in [0.15, 0.2) is 0 Å². The Hall–Kier alpha value is 0.270. The predicted molar refractivity (Wildman–Crippen MR) is 77.8 cm³/mol. The third-order valence-corrected chi connectivity index (χ3v) is 5.01. The number of rotatable bonds is 8. The Morgan fingerprint density at radius 1 is 1.41 bits per heavy atom. The Balaban J connectivity index is 2.35. The van der Waals surface area contributed by atoms with Gasteiger partial charge in [0.25, 0.3) is 0 Å². The van der Waals surface area contributed by atoms with E-state index in [-0.39, 0.29) is 0 Å². The SMILES string of the molecule is CCCNC(CSC(C)CC)C1CCCOC1. The summed E-state index contributed by atoms with van der Waals surface area (Å²) in [6.45, 7) is 9.91. The molecular weight excluding hydrogens is 230 g/mol. The molecule has 0 spiro atoms. The number of hydrogen-bond acceptors (Lipinski definition) is 3. The van der Waals surface area contributed by atoms with Crippen molar-refractivity contribution >= 4 is 11.8 Å². The molecule has 3 unspecified atom stereocenters. The maximum atomic E-state index is 5.63. The summed E-state index contributed by atoms with van der Waals surface area (Å²) >= 11 is 2.11. The lowest BCUT2D eigenvalue weighted by atomic mass is 9.95. The second kappa shape index (κ2) is 9.23. The normalized spacial score (nSPS) is 24.5. The Bertz CT molecular complexity index is 183. The Morgan fingerprint density at radius 3 is 2.82 bits per heavy atom. The molecule has 1 aliphatic heterocycles. The summed E-state index contributed by atoms with van der Waals surface area (Å²) in [5, 5.41) is 4.50. The van der Waals surface area contributed by atoms with E-state index in [1.54, 1.807) is 0 Å². The van der Waals surface area contributed by atoms with Crippen LogP contribution in [-0.2, 0) is 4.74 Å². The average molecular weight is 259 g/mol. The van der Waals surface area contributed by atoms with Gasteiger partial charge in [0.15, 0.2) is 0 Å². The summed E-state index contributed by atoms with van der Waals surface area (Å²) in [4.78, 5) is 0. The highest BCUT2D eigenvalue weighted by atomic mass is 32.2. The fourth-order valence-corrected chi connectivity index (χ4v) is 3.32. The maximum Gasteiger partial charge on any atom is 0.0509 e. The van der Waals surface area contributed by atoms with E-state index >= 15 is 0 Å².